The largest absolute Gasteiger partial charge is 0.339 e. The van der Waals surface area contributed by atoms with Gasteiger partial charge in [-0.25, -0.2) is 22.0 Å². The van der Waals surface area contributed by atoms with E-state index in [4.69, 9.17) is 0 Å². The maximum Gasteiger partial charge on any atom is 0.339 e. The van der Waals surface area contributed by atoms with E-state index in [0.29, 0.717) is 0 Å². The molecule has 0 nitrogen and oxygen atoms in total. The molecule has 15 heteroatoms. The summed E-state index contributed by atoms with van der Waals surface area (Å²) in [4.78, 5) is 0. The van der Waals surface area contributed by atoms with Crippen LogP contribution in [-0.4, -0.2) is 58.5 Å². The van der Waals surface area contributed by atoms with Crippen LogP contribution in [0.2, 0.25) is 0 Å². The van der Waals surface area contributed by atoms with Crippen LogP contribution >= 0.6 is 0 Å². The third-order valence-corrected chi connectivity index (χ3v) is 5.12. The SMILES string of the molecule is FC1C2(F)C(F)(F)C3(F)C(F)(F)C1(F)C(F)(F)C(F)(C2(F)F)C3(F)F. The van der Waals surface area contributed by atoms with E-state index in [-0.39, 0.29) is 0 Å². The van der Waals surface area contributed by atoms with Gasteiger partial charge in [0.1, 0.15) is 0 Å². The van der Waals surface area contributed by atoms with Crippen molar-refractivity contribution in [2.24, 2.45) is 0 Å². The van der Waals surface area contributed by atoms with Crippen molar-refractivity contribution >= 4 is 0 Å². The van der Waals surface area contributed by atoms with E-state index >= 15 is 0 Å². The quantitative estimate of drug-likeness (QED) is 0.525. The summed E-state index contributed by atoms with van der Waals surface area (Å²) in [6, 6.07) is 0. The second kappa shape index (κ2) is 3.53. The molecule has 4 bridgehead atoms. The Labute approximate surface area is 125 Å². The molecule has 0 atom stereocenters. The van der Waals surface area contributed by atoms with Crippen LogP contribution in [0.4, 0.5) is 65.9 Å². The second-order valence-corrected chi connectivity index (χ2v) is 5.98. The summed E-state index contributed by atoms with van der Waals surface area (Å²) in [6.45, 7) is 0. The predicted molar refractivity (Wildman–Crippen MR) is 45.0 cm³/mol. The monoisotopic (exact) mass is 406 g/mol. The Morgan fingerprint density at radius 1 is 0.360 bits per heavy atom. The Balaban J connectivity index is 2.65. The molecule has 0 heterocycles. The van der Waals surface area contributed by atoms with Crippen LogP contribution in [-0.2, 0) is 0 Å². The predicted octanol–water partition coefficient (Wildman–Crippen LogP) is 4.38. The van der Waals surface area contributed by atoms with Gasteiger partial charge in [0, 0.05) is 0 Å². The highest BCUT2D eigenvalue weighted by Crippen LogP contribution is 2.86. The highest BCUT2D eigenvalue weighted by atomic mass is 19.3. The van der Waals surface area contributed by atoms with Gasteiger partial charge in [-0.3, -0.25) is 0 Å². The molecular formula is C10HF15. The molecule has 0 aromatic heterocycles. The van der Waals surface area contributed by atoms with Gasteiger partial charge in [-0.1, -0.05) is 0 Å². The minimum absolute atomic E-state index is 5.96. The summed E-state index contributed by atoms with van der Waals surface area (Å²) < 4.78 is 206. The van der Waals surface area contributed by atoms with Gasteiger partial charge in [0.25, 0.3) is 11.3 Å². The number of halogens is 15. The Hall–Kier alpha value is -1.05. The van der Waals surface area contributed by atoms with Crippen molar-refractivity contribution in [3.05, 3.63) is 0 Å². The summed E-state index contributed by atoms with van der Waals surface area (Å²) in [5, 5.41) is 0. The summed E-state index contributed by atoms with van der Waals surface area (Å²) in [7, 11) is 0. The molecule has 146 valence electrons. The zero-order chi connectivity index (χ0) is 20.1. The van der Waals surface area contributed by atoms with Gasteiger partial charge >= 0.3 is 41.0 Å². The van der Waals surface area contributed by atoms with E-state index in [1.54, 1.807) is 0 Å². The molecular weight excluding hydrogens is 405 g/mol. The summed E-state index contributed by atoms with van der Waals surface area (Å²) in [5.74, 6) is -37.7. The minimum Gasteiger partial charge on any atom is -0.239 e. The molecule has 0 amide bonds. The smallest absolute Gasteiger partial charge is 0.239 e. The van der Waals surface area contributed by atoms with Crippen molar-refractivity contribution in [3.8, 4) is 0 Å². The zero-order valence-corrected chi connectivity index (χ0v) is 10.7. The van der Waals surface area contributed by atoms with Crippen molar-refractivity contribution in [3.63, 3.8) is 0 Å². The number of rotatable bonds is 0. The molecule has 4 saturated carbocycles. The molecule has 0 spiro atoms. The molecule has 4 aliphatic rings. The second-order valence-electron chi connectivity index (χ2n) is 5.98. The van der Waals surface area contributed by atoms with Crippen molar-refractivity contribution in [1.82, 2.24) is 0 Å². The van der Waals surface area contributed by atoms with E-state index in [1.165, 1.54) is 0 Å². The maximum absolute atomic E-state index is 14.0. The molecule has 0 radical (unpaired) electrons. The van der Waals surface area contributed by atoms with Crippen LogP contribution in [0.1, 0.15) is 0 Å². The molecule has 4 aliphatic carbocycles. The van der Waals surface area contributed by atoms with Gasteiger partial charge in [0.15, 0.2) is 6.17 Å². The van der Waals surface area contributed by atoms with E-state index in [1.807, 2.05) is 0 Å². The van der Waals surface area contributed by atoms with Crippen LogP contribution in [0, 0.1) is 0 Å². The summed E-state index contributed by atoms with van der Waals surface area (Å²) in [5.41, 5.74) is -29.3. The van der Waals surface area contributed by atoms with Crippen LogP contribution in [0.3, 0.4) is 0 Å². The third-order valence-electron chi connectivity index (χ3n) is 5.12. The fourth-order valence-electron chi connectivity index (χ4n) is 3.73. The maximum atomic E-state index is 14.0. The average molecular weight is 406 g/mol. The molecule has 4 rings (SSSR count). The van der Waals surface area contributed by atoms with Gasteiger partial charge in [-0.15, -0.1) is 0 Å². The van der Waals surface area contributed by atoms with Crippen molar-refractivity contribution in [2.75, 3.05) is 0 Å². The van der Waals surface area contributed by atoms with E-state index in [0.717, 1.165) is 0 Å². The van der Waals surface area contributed by atoms with Gasteiger partial charge < -0.3 is 0 Å². The summed E-state index contributed by atoms with van der Waals surface area (Å²) in [6.07, 6.45) is -5.96. The standard InChI is InChI=1S/C10HF15/c11-1-2(12)6(16,17)4(14)8(20,21)3(1,13)9(22,23)5(15,7(2,18)19)10(4,24)25/h1H. The molecule has 0 aromatic carbocycles. The molecule has 25 heavy (non-hydrogen) atoms. The van der Waals surface area contributed by atoms with Crippen LogP contribution < -0.4 is 0 Å². The normalized spacial score (nSPS) is 56.0. The first-order valence-corrected chi connectivity index (χ1v) is 5.94. The van der Waals surface area contributed by atoms with Crippen molar-refractivity contribution in [1.29, 1.82) is 0 Å². The van der Waals surface area contributed by atoms with Gasteiger partial charge in [0.2, 0.25) is 0 Å². The topological polar surface area (TPSA) is 0 Å². The fraction of sp³-hybridized carbons (Fsp3) is 1.00. The number of hydrogen-bond donors (Lipinski definition) is 0. The summed E-state index contributed by atoms with van der Waals surface area (Å²) >= 11 is 0. The van der Waals surface area contributed by atoms with Crippen molar-refractivity contribution in [2.45, 2.75) is 58.5 Å². The van der Waals surface area contributed by atoms with Crippen LogP contribution in [0.5, 0.6) is 0 Å². The Bertz CT molecular complexity index is 575. The third kappa shape index (κ3) is 0.988. The Kier molecular flexibility index (Phi) is 2.65. The first-order chi connectivity index (χ1) is 10.7. The van der Waals surface area contributed by atoms with Gasteiger partial charge in [-0.2, -0.15) is 43.9 Å². The Morgan fingerprint density at radius 3 is 0.760 bits per heavy atom. The van der Waals surface area contributed by atoms with Gasteiger partial charge in [0.05, 0.1) is 0 Å². The fourth-order valence-corrected chi connectivity index (χ4v) is 3.73. The van der Waals surface area contributed by atoms with Crippen molar-refractivity contribution < 1.29 is 65.9 Å². The van der Waals surface area contributed by atoms with Crippen LogP contribution in [0.25, 0.3) is 0 Å². The molecule has 0 N–H and O–H groups in total. The number of alkyl halides is 15. The lowest BCUT2D eigenvalue weighted by Gasteiger charge is -2.72. The number of hydrogen-bond acceptors (Lipinski definition) is 0. The molecule has 0 unspecified atom stereocenters. The molecule has 4 fully saturated rings. The Morgan fingerprint density at radius 2 is 0.560 bits per heavy atom. The first kappa shape index (κ1) is 18.7. The highest BCUT2D eigenvalue weighted by Gasteiger charge is 3.20. The molecule has 0 saturated heterocycles. The molecule has 0 aromatic rings. The lowest BCUT2D eigenvalue weighted by molar-refractivity contribution is -0.580. The lowest BCUT2D eigenvalue weighted by atomic mass is 9.41. The lowest BCUT2D eigenvalue weighted by Crippen LogP contribution is -3.06. The van der Waals surface area contributed by atoms with Crippen LogP contribution in [0.15, 0.2) is 0 Å². The average Bonchev–Trinajstić information content (AvgIpc) is 2.45. The van der Waals surface area contributed by atoms with E-state index in [9.17, 15) is 65.9 Å². The van der Waals surface area contributed by atoms with E-state index in [2.05, 4.69) is 0 Å². The van der Waals surface area contributed by atoms with E-state index < -0.39 is 58.5 Å². The minimum atomic E-state index is -7.73. The highest BCUT2D eigenvalue weighted by molar-refractivity contribution is 5.52. The first-order valence-electron chi connectivity index (χ1n) is 5.94. The zero-order valence-electron chi connectivity index (χ0n) is 10.7. The van der Waals surface area contributed by atoms with Gasteiger partial charge in [-0.05, 0) is 0 Å². The molecule has 0 aliphatic heterocycles.